The number of phenols is 1. The van der Waals surface area contributed by atoms with Gasteiger partial charge in [0.15, 0.2) is 18.1 Å². The number of carbonyl (C=O) groups is 8. The summed E-state index contributed by atoms with van der Waals surface area (Å²) >= 11 is 0. The van der Waals surface area contributed by atoms with Crippen molar-refractivity contribution >= 4 is 47.3 Å². The van der Waals surface area contributed by atoms with Crippen LogP contribution < -0.4 is 26.0 Å². The Morgan fingerprint density at radius 3 is 2.37 bits per heavy atom. The van der Waals surface area contributed by atoms with Crippen LogP contribution in [0.2, 0.25) is 0 Å². The lowest BCUT2D eigenvalue weighted by Gasteiger charge is -2.27. The number of imide groups is 2. The molecule has 65 heavy (non-hydrogen) atoms. The van der Waals surface area contributed by atoms with Crippen molar-refractivity contribution in [3.63, 3.8) is 0 Å². The summed E-state index contributed by atoms with van der Waals surface area (Å²) in [5.74, 6) is -4.17. The molecule has 3 aromatic carbocycles. The fourth-order valence-corrected chi connectivity index (χ4v) is 7.69. The Morgan fingerprint density at radius 1 is 0.862 bits per heavy atom. The Hall–Kier alpha value is -7.45. The summed E-state index contributed by atoms with van der Waals surface area (Å²) in [7, 11) is 3.16. The molecule has 340 valence electrons. The van der Waals surface area contributed by atoms with Gasteiger partial charge in [0.1, 0.15) is 17.5 Å². The molecule has 8 amide bonds. The van der Waals surface area contributed by atoms with Crippen molar-refractivity contribution in [3.05, 3.63) is 99.7 Å². The molecule has 0 spiro atoms. The van der Waals surface area contributed by atoms with Crippen molar-refractivity contribution in [1.82, 2.24) is 36.2 Å². The summed E-state index contributed by atoms with van der Waals surface area (Å²) in [5, 5.41) is 24.8. The number of fused-ring (bicyclic) bond motifs is 2. The number of carbonyl (C=O) groups excluding carboxylic acids is 8. The largest absolute Gasteiger partial charge is 0.507 e. The van der Waals surface area contributed by atoms with E-state index in [2.05, 4.69) is 26.4 Å². The van der Waals surface area contributed by atoms with Gasteiger partial charge < -0.3 is 44.7 Å². The fraction of sp³-hybridized carbons (Fsp3) is 0.356. The van der Waals surface area contributed by atoms with Crippen molar-refractivity contribution in [3.8, 4) is 22.8 Å². The van der Waals surface area contributed by atoms with E-state index < -0.39 is 48.1 Å². The molecule has 3 heterocycles. The minimum atomic E-state index is -1.13. The number of nitrogens with one attached hydrogen (secondary N) is 4. The molecular formula is C45H47N7O13. The standard InChI is InChI=1S/C45H47N7O13/c1-51(2)43(59)29-11-10-26(21-34(29)53)36-22-32(50-65-36)41(57)48-23-28-9-7-25-6-8-27(20-31(25)28)40(56)47-15-17-63-19-18-62-16-14-46-38(55)24-64-35-5-3-4-30-39(35)45(61)52(44(30)60)33-12-13-37(54)49-42(33)58/h3-6,8,10-11,20-22,28,33,53H,7,9,12-19,23-24H2,1-2H3,(H,46,55)(H,47,56)(H,48,57)(H,49,54,58). The lowest BCUT2D eigenvalue weighted by atomic mass is 9.98. The molecular weight excluding hydrogens is 847 g/mol. The first-order chi connectivity index (χ1) is 31.3. The Bertz CT molecular complexity index is 2540. The predicted molar refractivity (Wildman–Crippen MR) is 227 cm³/mol. The van der Waals surface area contributed by atoms with E-state index in [0.29, 0.717) is 17.7 Å². The number of ether oxygens (including phenoxy) is 3. The van der Waals surface area contributed by atoms with Crippen molar-refractivity contribution in [2.75, 3.05) is 66.8 Å². The summed E-state index contributed by atoms with van der Waals surface area (Å²) in [6.45, 7) is 1.16. The number of aryl methyl sites for hydroxylation is 1. The molecule has 1 fully saturated rings. The average Bonchev–Trinajstić information content (AvgIpc) is 4.02. The van der Waals surface area contributed by atoms with Crippen molar-refractivity contribution in [2.45, 2.75) is 37.6 Å². The molecule has 2 aliphatic heterocycles. The molecule has 20 heteroatoms. The maximum Gasteiger partial charge on any atom is 0.273 e. The van der Waals surface area contributed by atoms with Gasteiger partial charge in [-0.05, 0) is 66.8 Å². The Balaban J connectivity index is 0.760. The van der Waals surface area contributed by atoms with Crippen LogP contribution in [0, 0.1) is 0 Å². The second-order valence-corrected chi connectivity index (χ2v) is 15.6. The minimum Gasteiger partial charge on any atom is -0.507 e. The van der Waals surface area contributed by atoms with Crippen LogP contribution in [0.5, 0.6) is 11.5 Å². The number of amides is 8. The van der Waals surface area contributed by atoms with Crippen LogP contribution >= 0.6 is 0 Å². The van der Waals surface area contributed by atoms with E-state index in [-0.39, 0.29) is 110 Å². The van der Waals surface area contributed by atoms with Gasteiger partial charge in [-0.1, -0.05) is 23.4 Å². The zero-order valence-electron chi connectivity index (χ0n) is 35.6. The van der Waals surface area contributed by atoms with E-state index in [1.807, 2.05) is 12.1 Å². The highest BCUT2D eigenvalue weighted by atomic mass is 16.5. The molecule has 1 saturated heterocycles. The zero-order chi connectivity index (χ0) is 46.2. The van der Waals surface area contributed by atoms with E-state index in [9.17, 15) is 43.5 Å². The number of hydrogen-bond acceptors (Lipinski definition) is 14. The Morgan fingerprint density at radius 2 is 1.63 bits per heavy atom. The van der Waals surface area contributed by atoms with Crippen molar-refractivity contribution < 1.29 is 62.2 Å². The molecule has 0 bridgehead atoms. The lowest BCUT2D eigenvalue weighted by Crippen LogP contribution is -2.54. The molecule has 20 nitrogen and oxygen atoms in total. The number of piperidine rings is 1. The monoisotopic (exact) mass is 893 g/mol. The van der Waals surface area contributed by atoms with E-state index in [4.69, 9.17) is 18.7 Å². The molecule has 0 saturated carbocycles. The third-order valence-electron chi connectivity index (χ3n) is 11.0. The van der Waals surface area contributed by atoms with E-state index in [1.165, 1.54) is 41.3 Å². The maximum atomic E-state index is 13.2. The van der Waals surface area contributed by atoms with Gasteiger partial charge in [0, 0.05) is 63.3 Å². The summed E-state index contributed by atoms with van der Waals surface area (Å²) in [6.07, 6.45) is 1.60. The van der Waals surface area contributed by atoms with Crippen LogP contribution in [0.1, 0.15) is 88.2 Å². The van der Waals surface area contributed by atoms with Gasteiger partial charge in [-0.15, -0.1) is 0 Å². The van der Waals surface area contributed by atoms with Crippen molar-refractivity contribution in [1.29, 1.82) is 0 Å². The summed E-state index contributed by atoms with van der Waals surface area (Å²) in [5.41, 5.74) is 3.18. The van der Waals surface area contributed by atoms with Gasteiger partial charge in [-0.3, -0.25) is 48.6 Å². The van der Waals surface area contributed by atoms with Gasteiger partial charge in [-0.2, -0.15) is 0 Å². The molecule has 4 aromatic rings. The van der Waals surface area contributed by atoms with Crippen LogP contribution in [-0.2, 0) is 30.3 Å². The number of rotatable bonds is 19. The van der Waals surface area contributed by atoms with Gasteiger partial charge in [-0.25, -0.2) is 0 Å². The summed E-state index contributed by atoms with van der Waals surface area (Å²) in [4.78, 5) is 103. The SMILES string of the molecule is CN(C)C(=O)c1ccc(-c2cc(C(=O)NCC3CCc4ccc(C(=O)NCCOCCOCCNC(=O)COc5cccc6c5C(=O)N(C5CCC(=O)NC5=O)C6=O)cc43)no2)cc1O. The number of nitrogens with zero attached hydrogens (tertiary/aromatic N) is 3. The quantitative estimate of drug-likeness (QED) is 0.0661. The van der Waals surface area contributed by atoms with Crippen molar-refractivity contribution in [2.24, 2.45) is 0 Å². The molecule has 2 atom stereocenters. The first-order valence-electron chi connectivity index (χ1n) is 20.9. The van der Waals surface area contributed by atoms with Crippen LogP contribution in [-0.4, -0.2) is 140 Å². The lowest BCUT2D eigenvalue weighted by molar-refractivity contribution is -0.136. The van der Waals surface area contributed by atoms with Gasteiger partial charge in [0.2, 0.25) is 11.8 Å². The number of benzene rings is 3. The third-order valence-corrected chi connectivity index (χ3v) is 11.0. The van der Waals surface area contributed by atoms with Crippen LogP contribution in [0.25, 0.3) is 11.3 Å². The number of aromatic hydroxyl groups is 1. The second kappa shape index (κ2) is 20.4. The first-order valence-corrected chi connectivity index (χ1v) is 20.9. The third kappa shape index (κ3) is 10.5. The minimum absolute atomic E-state index is 0.00928. The highest BCUT2D eigenvalue weighted by Crippen LogP contribution is 2.35. The van der Waals surface area contributed by atoms with Gasteiger partial charge in [0.05, 0.1) is 43.1 Å². The second-order valence-electron chi connectivity index (χ2n) is 15.6. The molecule has 3 aliphatic rings. The molecule has 5 N–H and O–H groups in total. The summed E-state index contributed by atoms with van der Waals surface area (Å²) < 4.78 is 22.0. The maximum absolute atomic E-state index is 13.2. The number of hydrogen-bond donors (Lipinski definition) is 5. The number of aromatic nitrogens is 1. The fourth-order valence-electron chi connectivity index (χ4n) is 7.69. The smallest absolute Gasteiger partial charge is 0.273 e. The van der Waals surface area contributed by atoms with Gasteiger partial charge in [0.25, 0.3) is 35.4 Å². The molecule has 0 radical (unpaired) electrons. The molecule has 2 unspecified atom stereocenters. The van der Waals surface area contributed by atoms with Crippen LogP contribution in [0.15, 0.2) is 65.2 Å². The van der Waals surface area contributed by atoms with E-state index in [1.54, 1.807) is 26.2 Å². The van der Waals surface area contributed by atoms with E-state index >= 15 is 0 Å². The summed E-state index contributed by atoms with van der Waals surface area (Å²) in [6, 6.07) is 14.7. The predicted octanol–water partition coefficient (Wildman–Crippen LogP) is 1.57. The average molecular weight is 894 g/mol. The van der Waals surface area contributed by atoms with Gasteiger partial charge >= 0.3 is 0 Å². The molecule has 1 aromatic heterocycles. The van der Waals surface area contributed by atoms with Crippen LogP contribution in [0.4, 0.5) is 0 Å². The Labute approximate surface area is 371 Å². The molecule has 7 rings (SSSR count). The zero-order valence-corrected chi connectivity index (χ0v) is 35.6. The first kappa shape index (κ1) is 45.6. The Kier molecular flexibility index (Phi) is 14.3. The normalized spacial score (nSPS) is 16.4. The number of phenolic OH excluding ortho intramolecular Hbond substituents is 1. The molecule has 1 aliphatic carbocycles. The highest BCUT2D eigenvalue weighted by molar-refractivity contribution is 6.24. The topological polar surface area (TPSA) is 265 Å². The van der Waals surface area contributed by atoms with E-state index in [0.717, 1.165) is 28.9 Å². The van der Waals surface area contributed by atoms with Crippen LogP contribution in [0.3, 0.4) is 0 Å². The highest BCUT2D eigenvalue weighted by Gasteiger charge is 2.46.